The van der Waals surface area contributed by atoms with Crippen LogP contribution in [0.5, 0.6) is 0 Å². The predicted molar refractivity (Wildman–Crippen MR) is 99.6 cm³/mol. The number of allylic oxidation sites excluding steroid dienone is 1. The second kappa shape index (κ2) is 8.78. The van der Waals surface area contributed by atoms with Crippen molar-refractivity contribution in [3.63, 3.8) is 0 Å². The Morgan fingerprint density at radius 2 is 1.67 bits per heavy atom. The fourth-order valence-electron chi connectivity index (χ4n) is 2.62. The van der Waals surface area contributed by atoms with Gasteiger partial charge in [-0.25, -0.2) is 9.59 Å². The topological polar surface area (TPSA) is 101 Å². The summed E-state index contributed by atoms with van der Waals surface area (Å²) >= 11 is 0. The molecule has 2 aromatic rings. The molecule has 0 N–H and O–H groups in total. The lowest BCUT2D eigenvalue weighted by Crippen LogP contribution is -2.25. The molecule has 0 amide bonds. The van der Waals surface area contributed by atoms with Gasteiger partial charge in [0, 0.05) is 17.1 Å². The minimum Gasteiger partial charge on any atom is -0.462 e. The standard InChI is InChI=1S/C18H18F3NO7S/c1-4-27-16(23)15(11(3)29-30(25,26)18(19,20)21)13-10-22(17(24)28-5-2)14-9-7-6-8-12(13)14/h6-10H,4-5H2,1-3H3/b15-11+. The Hall–Kier alpha value is -3.02. The molecule has 0 fully saturated rings. The molecule has 0 radical (unpaired) electrons. The van der Waals surface area contributed by atoms with E-state index in [4.69, 9.17) is 9.47 Å². The molecule has 1 aromatic heterocycles. The van der Waals surface area contributed by atoms with E-state index in [1.807, 2.05) is 0 Å². The highest BCUT2D eigenvalue weighted by Gasteiger charge is 2.49. The number of esters is 1. The summed E-state index contributed by atoms with van der Waals surface area (Å²) in [5.74, 6) is -1.99. The molecule has 0 aliphatic heterocycles. The zero-order valence-corrected chi connectivity index (χ0v) is 17.0. The average molecular weight is 449 g/mol. The van der Waals surface area contributed by atoms with Crippen molar-refractivity contribution >= 4 is 38.7 Å². The number of hydrogen-bond donors (Lipinski definition) is 0. The van der Waals surface area contributed by atoms with Crippen LogP contribution in [0.25, 0.3) is 16.5 Å². The highest BCUT2D eigenvalue weighted by atomic mass is 32.2. The van der Waals surface area contributed by atoms with Crippen LogP contribution in [0.4, 0.5) is 18.0 Å². The SMILES string of the molecule is CCOC(=O)/C(=C(\C)OS(=O)(=O)C(F)(F)F)c1cn(C(=O)OCC)c2ccccc12. The Labute approximate surface area is 169 Å². The maximum absolute atomic E-state index is 12.7. The lowest BCUT2D eigenvalue weighted by atomic mass is 10.0. The second-order valence-corrected chi connectivity index (χ2v) is 7.30. The van der Waals surface area contributed by atoms with Gasteiger partial charge in [-0.05, 0) is 26.8 Å². The van der Waals surface area contributed by atoms with Gasteiger partial charge in [0.15, 0.2) is 0 Å². The Balaban J connectivity index is 2.77. The molecule has 0 bridgehead atoms. The number of carbonyl (C=O) groups excluding carboxylic acids is 2. The van der Waals surface area contributed by atoms with Crippen molar-refractivity contribution in [1.29, 1.82) is 0 Å². The largest absolute Gasteiger partial charge is 0.534 e. The highest BCUT2D eigenvalue weighted by molar-refractivity contribution is 7.87. The van der Waals surface area contributed by atoms with Gasteiger partial charge in [-0.2, -0.15) is 21.6 Å². The van der Waals surface area contributed by atoms with Crippen LogP contribution in [0, 0.1) is 0 Å². The van der Waals surface area contributed by atoms with Crippen molar-refractivity contribution in [2.24, 2.45) is 0 Å². The van der Waals surface area contributed by atoms with E-state index in [0.29, 0.717) is 0 Å². The molecule has 30 heavy (non-hydrogen) atoms. The number of hydrogen-bond acceptors (Lipinski definition) is 7. The molecule has 164 valence electrons. The number of fused-ring (bicyclic) bond motifs is 1. The van der Waals surface area contributed by atoms with Crippen molar-refractivity contribution in [2.75, 3.05) is 13.2 Å². The van der Waals surface area contributed by atoms with E-state index >= 15 is 0 Å². The molecule has 2 rings (SSSR count). The number of halogens is 3. The van der Waals surface area contributed by atoms with E-state index in [9.17, 15) is 31.2 Å². The predicted octanol–water partition coefficient (Wildman–Crippen LogP) is 3.81. The van der Waals surface area contributed by atoms with Crippen LogP contribution in [0.1, 0.15) is 26.3 Å². The molecular formula is C18H18F3NO7S. The van der Waals surface area contributed by atoms with E-state index in [2.05, 4.69) is 4.18 Å². The van der Waals surface area contributed by atoms with E-state index < -0.39 is 39.0 Å². The Morgan fingerprint density at radius 3 is 2.23 bits per heavy atom. The van der Waals surface area contributed by atoms with Gasteiger partial charge in [-0.3, -0.25) is 4.57 Å². The number of nitrogens with zero attached hydrogens (tertiary/aromatic N) is 1. The number of aromatic nitrogens is 1. The first-order valence-corrected chi connectivity index (χ1v) is 10.0. The molecule has 0 aliphatic carbocycles. The van der Waals surface area contributed by atoms with Gasteiger partial charge in [-0.1, -0.05) is 18.2 Å². The van der Waals surface area contributed by atoms with Crippen LogP contribution in [-0.2, 0) is 28.6 Å². The minimum absolute atomic E-state index is 0.0488. The van der Waals surface area contributed by atoms with Crippen LogP contribution in [0.3, 0.4) is 0 Å². The molecule has 0 unspecified atom stereocenters. The number of rotatable bonds is 6. The first-order chi connectivity index (χ1) is 13.9. The summed E-state index contributed by atoms with van der Waals surface area (Å²) in [7, 11) is -6.03. The van der Waals surface area contributed by atoms with Crippen molar-refractivity contribution in [1.82, 2.24) is 4.57 Å². The summed E-state index contributed by atoms with van der Waals surface area (Å²) in [6.45, 7) is 3.83. The molecule has 12 heteroatoms. The zero-order chi connectivity index (χ0) is 22.7. The third kappa shape index (κ3) is 4.58. The van der Waals surface area contributed by atoms with Gasteiger partial charge < -0.3 is 13.7 Å². The summed E-state index contributed by atoms with van der Waals surface area (Å²) in [4.78, 5) is 24.8. The molecular weight excluding hydrogens is 431 g/mol. The maximum Gasteiger partial charge on any atom is 0.534 e. The molecule has 0 aliphatic rings. The first kappa shape index (κ1) is 23.3. The number of benzene rings is 1. The second-order valence-electron chi connectivity index (χ2n) is 5.76. The third-order valence-electron chi connectivity index (χ3n) is 3.80. The van der Waals surface area contributed by atoms with Gasteiger partial charge in [0.05, 0.1) is 18.7 Å². The van der Waals surface area contributed by atoms with E-state index in [1.165, 1.54) is 19.1 Å². The van der Waals surface area contributed by atoms with Gasteiger partial charge in [0.2, 0.25) is 0 Å². The van der Waals surface area contributed by atoms with E-state index in [1.54, 1.807) is 19.1 Å². The summed E-state index contributed by atoms with van der Waals surface area (Å²) < 4.78 is 76.1. The van der Waals surface area contributed by atoms with Crippen molar-refractivity contribution in [2.45, 2.75) is 26.3 Å². The lowest BCUT2D eigenvalue weighted by Gasteiger charge is -2.13. The summed E-state index contributed by atoms with van der Waals surface area (Å²) in [6.07, 6.45) is 0.340. The highest BCUT2D eigenvalue weighted by Crippen LogP contribution is 2.33. The van der Waals surface area contributed by atoms with Crippen LogP contribution in [-0.4, -0.2) is 43.8 Å². The smallest absolute Gasteiger partial charge is 0.462 e. The molecule has 0 spiro atoms. The Kier molecular flexibility index (Phi) is 6.80. The average Bonchev–Trinajstić information content (AvgIpc) is 3.00. The van der Waals surface area contributed by atoms with E-state index in [-0.39, 0.29) is 29.7 Å². The van der Waals surface area contributed by atoms with Crippen LogP contribution < -0.4 is 0 Å². The number of para-hydroxylation sites is 1. The van der Waals surface area contributed by atoms with Crippen LogP contribution in [0.2, 0.25) is 0 Å². The Bertz CT molecular complexity index is 1100. The molecule has 8 nitrogen and oxygen atoms in total. The molecule has 1 aromatic carbocycles. The normalized spacial score (nSPS) is 13.0. The van der Waals surface area contributed by atoms with Gasteiger partial charge in [-0.15, -0.1) is 0 Å². The van der Waals surface area contributed by atoms with E-state index in [0.717, 1.165) is 17.7 Å². The maximum atomic E-state index is 12.7. The monoisotopic (exact) mass is 449 g/mol. The summed E-state index contributed by atoms with van der Waals surface area (Å²) in [6, 6.07) is 6.16. The zero-order valence-electron chi connectivity index (χ0n) is 16.1. The fourth-order valence-corrected chi connectivity index (χ4v) is 3.13. The first-order valence-electron chi connectivity index (χ1n) is 8.60. The molecule has 1 heterocycles. The quantitative estimate of drug-likeness (QED) is 0.217. The Morgan fingerprint density at radius 1 is 1.07 bits per heavy atom. The summed E-state index contributed by atoms with van der Waals surface area (Å²) in [5.41, 5.74) is -6.07. The van der Waals surface area contributed by atoms with Crippen molar-refractivity contribution in [3.8, 4) is 0 Å². The van der Waals surface area contributed by atoms with Gasteiger partial charge >= 0.3 is 27.7 Å². The number of ether oxygens (including phenoxy) is 2. The molecule has 0 saturated carbocycles. The number of alkyl halides is 3. The lowest BCUT2D eigenvalue weighted by molar-refractivity contribution is -0.136. The minimum atomic E-state index is -6.03. The summed E-state index contributed by atoms with van der Waals surface area (Å²) in [5, 5.41) is 0.265. The van der Waals surface area contributed by atoms with Crippen LogP contribution >= 0.6 is 0 Å². The van der Waals surface area contributed by atoms with Crippen molar-refractivity contribution in [3.05, 3.63) is 41.8 Å². The molecule has 0 saturated heterocycles. The van der Waals surface area contributed by atoms with Crippen molar-refractivity contribution < 1.29 is 44.8 Å². The van der Waals surface area contributed by atoms with Gasteiger partial charge in [0.25, 0.3) is 0 Å². The van der Waals surface area contributed by atoms with Crippen LogP contribution in [0.15, 0.2) is 36.2 Å². The fraction of sp³-hybridized carbons (Fsp3) is 0.333. The number of carbonyl (C=O) groups is 2. The van der Waals surface area contributed by atoms with Gasteiger partial charge in [0.1, 0.15) is 11.3 Å². The third-order valence-corrected chi connectivity index (χ3v) is 4.83. The molecule has 0 atom stereocenters.